The molecule has 1 heterocycles. The molecule has 4 aromatic rings. The Labute approximate surface area is 239 Å². The van der Waals surface area contributed by atoms with Gasteiger partial charge in [0.15, 0.2) is 8.24 Å². The van der Waals surface area contributed by atoms with E-state index in [1.165, 1.54) is 4.31 Å². The van der Waals surface area contributed by atoms with Crippen LogP contribution in [0.4, 0.5) is 0 Å². The van der Waals surface area contributed by atoms with Gasteiger partial charge in [-0.3, -0.25) is 4.79 Å². The first-order chi connectivity index (χ1) is 18.8. The molecular formula is C32H40N2O4SSi. The first-order valence-corrected chi connectivity index (χ1v) is 18.1. The Morgan fingerprint density at radius 1 is 0.950 bits per heavy atom. The number of fused-ring (bicyclic) bond motifs is 1. The van der Waals surface area contributed by atoms with Crippen molar-refractivity contribution in [2.45, 2.75) is 63.7 Å². The molecule has 0 saturated heterocycles. The van der Waals surface area contributed by atoms with Crippen LogP contribution in [-0.2, 0) is 19.6 Å². The van der Waals surface area contributed by atoms with Crippen LogP contribution in [0.5, 0.6) is 0 Å². The molecule has 1 unspecified atom stereocenters. The van der Waals surface area contributed by atoms with E-state index < -0.39 is 36.8 Å². The lowest BCUT2D eigenvalue weighted by Gasteiger charge is -2.38. The minimum absolute atomic E-state index is 0.0346. The van der Waals surface area contributed by atoms with E-state index in [9.17, 15) is 13.2 Å². The van der Waals surface area contributed by atoms with Crippen molar-refractivity contribution in [1.82, 2.24) is 8.54 Å². The van der Waals surface area contributed by atoms with Gasteiger partial charge in [0.25, 0.3) is 0 Å². The maximum atomic E-state index is 14.4. The van der Waals surface area contributed by atoms with E-state index in [1.54, 1.807) is 31.2 Å². The number of esters is 1. The summed E-state index contributed by atoms with van der Waals surface area (Å²) < 4.78 is 37.8. The Kier molecular flexibility index (Phi) is 8.45. The number of nitrogens with zero attached hydrogens (tertiary/aromatic N) is 2. The van der Waals surface area contributed by atoms with Gasteiger partial charge in [0.1, 0.15) is 6.54 Å². The third-order valence-electron chi connectivity index (χ3n) is 8.10. The molecule has 1 atom stereocenters. The molecule has 1 aromatic heterocycles. The molecule has 0 aliphatic heterocycles. The Morgan fingerprint density at radius 3 is 2.15 bits per heavy atom. The Bertz CT molecular complexity index is 1590. The monoisotopic (exact) mass is 576 g/mol. The van der Waals surface area contributed by atoms with Gasteiger partial charge in [0.05, 0.1) is 17.5 Å². The number of aryl methyl sites for hydroxylation is 1. The smallest absolute Gasteiger partial charge is 0.321 e. The van der Waals surface area contributed by atoms with E-state index >= 15 is 0 Å². The predicted molar refractivity (Wildman–Crippen MR) is 165 cm³/mol. The summed E-state index contributed by atoms with van der Waals surface area (Å²) in [7, 11) is -6.23. The number of ether oxygens (including phenoxy) is 1. The zero-order valence-corrected chi connectivity index (χ0v) is 26.3. The Morgan fingerprint density at radius 2 is 1.55 bits per heavy atom. The van der Waals surface area contributed by atoms with Crippen LogP contribution in [0.15, 0.2) is 90.0 Å². The molecule has 0 radical (unpaired) electrons. The lowest BCUT2D eigenvalue weighted by Crippen LogP contribution is -2.45. The Hall–Kier alpha value is -3.20. The number of rotatable bonds is 9. The lowest BCUT2D eigenvalue weighted by atomic mass is 9.98. The molecule has 0 fully saturated rings. The van der Waals surface area contributed by atoms with Gasteiger partial charge in [-0.2, -0.15) is 4.31 Å². The zero-order chi connectivity index (χ0) is 29.3. The highest BCUT2D eigenvalue weighted by atomic mass is 32.2. The fraction of sp³-hybridized carbons (Fsp3) is 0.344. The molecule has 212 valence electrons. The number of hydrogen-bond donors (Lipinski definition) is 0. The maximum absolute atomic E-state index is 14.4. The molecule has 4 rings (SSSR count). The van der Waals surface area contributed by atoms with E-state index in [2.05, 4.69) is 50.4 Å². The molecule has 0 amide bonds. The van der Waals surface area contributed by atoms with Crippen molar-refractivity contribution in [3.8, 4) is 0 Å². The van der Waals surface area contributed by atoms with E-state index in [-0.39, 0.29) is 16.5 Å². The normalized spacial score (nSPS) is 13.5. The van der Waals surface area contributed by atoms with Gasteiger partial charge in [0.2, 0.25) is 10.0 Å². The number of para-hydroxylation sites is 1. The first-order valence-electron chi connectivity index (χ1n) is 13.7. The molecule has 40 heavy (non-hydrogen) atoms. The Balaban J connectivity index is 2.04. The summed E-state index contributed by atoms with van der Waals surface area (Å²) in [5, 5.41) is 1.00. The molecule has 8 heteroatoms. The predicted octanol–water partition coefficient (Wildman–Crippen LogP) is 7.15. The van der Waals surface area contributed by atoms with E-state index in [1.807, 2.05) is 55.5 Å². The van der Waals surface area contributed by atoms with Crippen molar-refractivity contribution in [1.29, 1.82) is 0 Å². The van der Waals surface area contributed by atoms with Crippen LogP contribution >= 0.6 is 0 Å². The molecule has 0 saturated carbocycles. The second-order valence-electron chi connectivity index (χ2n) is 11.8. The lowest BCUT2D eigenvalue weighted by molar-refractivity contribution is -0.143. The van der Waals surface area contributed by atoms with Crippen molar-refractivity contribution in [3.05, 3.63) is 102 Å². The number of carbonyl (C=O) groups excluding carboxylic acids is 1. The molecule has 6 nitrogen and oxygen atoms in total. The third kappa shape index (κ3) is 5.66. The SMILES string of the molecule is CCOC(=O)CN(C(c1ccccc1)c1cn([Si](C)(C)C(C)(C)C)c2ccccc12)S(=O)(=O)c1ccc(C)cc1. The van der Waals surface area contributed by atoms with Crippen LogP contribution in [0.2, 0.25) is 18.1 Å². The van der Waals surface area contributed by atoms with Gasteiger partial charge in [-0.15, -0.1) is 0 Å². The molecule has 0 aliphatic rings. The van der Waals surface area contributed by atoms with Gasteiger partial charge in [-0.25, -0.2) is 8.42 Å². The molecule has 0 aliphatic carbocycles. The van der Waals surface area contributed by atoms with Gasteiger partial charge in [-0.05, 0) is 48.2 Å². The fourth-order valence-electron chi connectivity index (χ4n) is 4.88. The topological polar surface area (TPSA) is 68.6 Å². The summed E-state index contributed by atoms with van der Waals surface area (Å²) in [6.45, 7) is 14.8. The summed E-state index contributed by atoms with van der Waals surface area (Å²) in [5.41, 5.74) is 3.63. The summed E-state index contributed by atoms with van der Waals surface area (Å²) in [6.07, 6.45) is 2.13. The minimum atomic E-state index is -4.12. The second-order valence-corrected chi connectivity index (χ2v) is 18.8. The third-order valence-corrected chi connectivity index (χ3v) is 15.2. The second kappa shape index (κ2) is 11.3. The standard InChI is InChI=1S/C32H40N2O4SSi/c1-8-38-30(35)23-33(39(36,37)26-20-18-24(2)19-21-26)31(25-14-10-9-11-15-25)28-22-34(40(6,7)32(3,4)5)29-17-13-12-16-27(28)29/h9-22,31H,8,23H2,1-7H3. The van der Waals surface area contributed by atoms with Crippen LogP contribution < -0.4 is 0 Å². The van der Waals surface area contributed by atoms with Crippen molar-refractivity contribution in [2.75, 3.05) is 13.2 Å². The summed E-state index contributed by atoms with van der Waals surface area (Å²) >= 11 is 0. The maximum Gasteiger partial charge on any atom is 0.321 e. The molecule has 0 bridgehead atoms. The average molecular weight is 577 g/mol. The van der Waals surface area contributed by atoms with Crippen LogP contribution in [0.3, 0.4) is 0 Å². The highest BCUT2D eigenvalue weighted by molar-refractivity contribution is 7.89. The summed E-state index contributed by atoms with van der Waals surface area (Å²) in [4.78, 5) is 13.1. The van der Waals surface area contributed by atoms with E-state index in [0.29, 0.717) is 0 Å². The van der Waals surface area contributed by atoms with Crippen LogP contribution in [0.25, 0.3) is 10.9 Å². The van der Waals surface area contributed by atoms with Crippen LogP contribution in [-0.4, -0.2) is 44.3 Å². The quantitative estimate of drug-likeness (QED) is 0.157. The molecular weight excluding hydrogens is 537 g/mol. The number of sulfonamides is 1. The molecule has 0 spiro atoms. The molecule has 0 N–H and O–H groups in total. The average Bonchev–Trinajstić information content (AvgIpc) is 3.29. The van der Waals surface area contributed by atoms with Crippen LogP contribution in [0.1, 0.15) is 50.4 Å². The van der Waals surface area contributed by atoms with Gasteiger partial charge >= 0.3 is 5.97 Å². The fourth-order valence-corrected chi connectivity index (χ4v) is 8.40. The zero-order valence-electron chi connectivity index (χ0n) is 24.5. The van der Waals surface area contributed by atoms with Crippen molar-refractivity contribution in [3.63, 3.8) is 0 Å². The number of aromatic nitrogens is 1. The number of benzene rings is 3. The largest absolute Gasteiger partial charge is 0.465 e. The first kappa shape index (κ1) is 29.8. The van der Waals surface area contributed by atoms with Crippen molar-refractivity contribution >= 4 is 35.1 Å². The highest BCUT2D eigenvalue weighted by Crippen LogP contribution is 2.43. The summed E-state index contributed by atoms with van der Waals surface area (Å²) in [5.74, 6) is -0.591. The van der Waals surface area contributed by atoms with Gasteiger partial charge in [-0.1, -0.05) is 100 Å². The van der Waals surface area contributed by atoms with Crippen molar-refractivity contribution < 1.29 is 17.9 Å². The van der Waals surface area contributed by atoms with Crippen LogP contribution in [0, 0.1) is 6.92 Å². The minimum Gasteiger partial charge on any atom is -0.465 e. The van der Waals surface area contributed by atoms with E-state index in [4.69, 9.17) is 4.74 Å². The van der Waals surface area contributed by atoms with Gasteiger partial charge < -0.3 is 8.97 Å². The highest BCUT2D eigenvalue weighted by Gasteiger charge is 2.41. The van der Waals surface area contributed by atoms with E-state index in [0.717, 1.165) is 27.6 Å². The van der Waals surface area contributed by atoms with Gasteiger partial charge in [0, 0.05) is 17.1 Å². The number of hydrogen-bond acceptors (Lipinski definition) is 4. The number of carbonyl (C=O) groups is 1. The molecule has 3 aromatic carbocycles. The van der Waals surface area contributed by atoms with Crippen molar-refractivity contribution in [2.24, 2.45) is 0 Å². The summed E-state index contributed by atoms with van der Waals surface area (Å²) in [6, 6.07) is 23.7.